The van der Waals surface area contributed by atoms with Crippen LogP contribution in [0, 0.1) is 11.7 Å². The molecule has 0 aliphatic heterocycles. The van der Waals surface area contributed by atoms with Gasteiger partial charge in [-0.1, -0.05) is 13.3 Å². The van der Waals surface area contributed by atoms with Gasteiger partial charge < -0.3 is 14.8 Å². The third-order valence-electron chi connectivity index (χ3n) is 4.02. The van der Waals surface area contributed by atoms with Gasteiger partial charge in [-0.05, 0) is 51.9 Å². The van der Waals surface area contributed by atoms with Gasteiger partial charge in [0.25, 0.3) is 5.56 Å². The van der Waals surface area contributed by atoms with Crippen molar-refractivity contribution in [3.8, 4) is 5.88 Å². The molecule has 0 aliphatic carbocycles. The maximum absolute atomic E-state index is 12.8. The standard InChI is InChI=1S/C20H25N3O5S2/c1-6-7-8-12(24)13-10(2)14(18(27)28-20(3,4)5)30-17(13)21-9-11-15(25)22-19(29)23-16(11)26/h9H,6-8H2,1-5H3,(H3,22,23,25,26,29)/b21-9+. The van der Waals surface area contributed by atoms with Gasteiger partial charge in [0.2, 0.25) is 5.88 Å². The predicted molar refractivity (Wildman–Crippen MR) is 119 cm³/mol. The summed E-state index contributed by atoms with van der Waals surface area (Å²) in [7, 11) is 0. The van der Waals surface area contributed by atoms with Crippen molar-refractivity contribution in [2.24, 2.45) is 4.99 Å². The molecule has 0 aromatic carbocycles. The van der Waals surface area contributed by atoms with Crippen molar-refractivity contribution >= 4 is 46.5 Å². The number of aromatic nitrogens is 2. The third kappa shape index (κ3) is 5.73. The van der Waals surface area contributed by atoms with Crippen LogP contribution in [0.2, 0.25) is 0 Å². The van der Waals surface area contributed by atoms with Crippen LogP contribution in [0.15, 0.2) is 9.79 Å². The molecular weight excluding hydrogens is 426 g/mol. The maximum atomic E-state index is 12.8. The number of hydrogen-bond donors (Lipinski definition) is 3. The Hall–Kier alpha value is -2.59. The van der Waals surface area contributed by atoms with E-state index in [-0.39, 0.29) is 26.0 Å². The van der Waals surface area contributed by atoms with Crippen LogP contribution in [0.5, 0.6) is 5.88 Å². The number of unbranched alkanes of at least 4 members (excludes halogenated alkanes) is 1. The minimum Gasteiger partial charge on any atom is -0.494 e. The van der Waals surface area contributed by atoms with Gasteiger partial charge in [-0.3, -0.25) is 14.6 Å². The molecule has 0 spiro atoms. The summed E-state index contributed by atoms with van der Waals surface area (Å²) in [5.41, 5.74) is -0.636. The Kier molecular flexibility index (Phi) is 7.49. The molecule has 10 heteroatoms. The van der Waals surface area contributed by atoms with E-state index in [0.29, 0.717) is 24.0 Å². The second kappa shape index (κ2) is 9.48. The predicted octanol–water partition coefficient (Wildman–Crippen LogP) is 4.59. The molecule has 0 saturated heterocycles. The third-order valence-corrected chi connectivity index (χ3v) is 5.40. The summed E-state index contributed by atoms with van der Waals surface area (Å²) in [6, 6.07) is 0. The van der Waals surface area contributed by atoms with Crippen molar-refractivity contribution in [1.29, 1.82) is 0 Å². The number of carbonyl (C=O) groups is 2. The number of nitrogens with one attached hydrogen (secondary N) is 2. The lowest BCUT2D eigenvalue weighted by Crippen LogP contribution is -2.23. The van der Waals surface area contributed by atoms with Crippen LogP contribution in [0.4, 0.5) is 5.00 Å². The van der Waals surface area contributed by atoms with E-state index in [1.165, 1.54) is 0 Å². The molecule has 0 fully saturated rings. The summed E-state index contributed by atoms with van der Waals surface area (Å²) in [6.07, 6.45) is 3.00. The Morgan fingerprint density at radius 2 is 1.97 bits per heavy atom. The number of ketones is 1. The quantitative estimate of drug-likeness (QED) is 0.245. The summed E-state index contributed by atoms with van der Waals surface area (Å²) >= 11 is 5.82. The summed E-state index contributed by atoms with van der Waals surface area (Å²) in [6.45, 7) is 8.93. The first-order valence-corrected chi connectivity index (χ1v) is 10.7. The Morgan fingerprint density at radius 1 is 1.30 bits per heavy atom. The van der Waals surface area contributed by atoms with E-state index in [4.69, 9.17) is 17.0 Å². The molecule has 2 rings (SSSR count). The van der Waals surface area contributed by atoms with E-state index in [2.05, 4.69) is 15.0 Å². The number of Topliss-reactive ketones (excluding diaryl/α,β-unsaturated/α-hetero) is 1. The van der Waals surface area contributed by atoms with Gasteiger partial charge in [0, 0.05) is 12.6 Å². The molecule has 0 amide bonds. The molecule has 0 saturated carbocycles. The molecule has 0 bridgehead atoms. The summed E-state index contributed by atoms with van der Waals surface area (Å²) < 4.78 is 5.42. The SMILES string of the molecule is CCCCC(=O)c1c(/N=C/c2c(O)[nH]c(=S)[nH]c2=O)sc(C(=O)OC(C)(C)C)c1C. The molecule has 0 unspecified atom stereocenters. The fourth-order valence-corrected chi connectivity index (χ4v) is 3.86. The molecular formula is C20H25N3O5S2. The summed E-state index contributed by atoms with van der Waals surface area (Å²) in [5.74, 6) is -1.12. The zero-order valence-electron chi connectivity index (χ0n) is 17.5. The number of aliphatic imine (C=N–C) groups is 1. The molecule has 0 radical (unpaired) electrons. The minimum absolute atomic E-state index is 0.0238. The monoisotopic (exact) mass is 451 g/mol. The van der Waals surface area contributed by atoms with Gasteiger partial charge in [0.05, 0.1) is 5.56 Å². The number of H-pyrrole nitrogens is 2. The lowest BCUT2D eigenvalue weighted by atomic mass is 10.0. The topological polar surface area (TPSA) is 125 Å². The van der Waals surface area contributed by atoms with Crippen molar-refractivity contribution in [1.82, 2.24) is 9.97 Å². The minimum atomic E-state index is -0.690. The Balaban J connectivity index is 2.55. The second-order valence-corrected chi connectivity index (χ2v) is 9.10. The van der Waals surface area contributed by atoms with E-state index in [1.807, 2.05) is 6.92 Å². The first-order chi connectivity index (χ1) is 13.9. The van der Waals surface area contributed by atoms with Gasteiger partial charge in [-0.15, -0.1) is 11.3 Å². The van der Waals surface area contributed by atoms with Crippen LogP contribution in [-0.4, -0.2) is 38.6 Å². The van der Waals surface area contributed by atoms with Crippen molar-refractivity contribution in [2.75, 3.05) is 0 Å². The zero-order valence-corrected chi connectivity index (χ0v) is 19.2. The van der Waals surface area contributed by atoms with Crippen molar-refractivity contribution < 1.29 is 19.4 Å². The number of carbonyl (C=O) groups excluding carboxylic acids is 2. The van der Waals surface area contributed by atoms with Gasteiger partial charge in [-0.25, -0.2) is 9.79 Å². The van der Waals surface area contributed by atoms with Crippen LogP contribution >= 0.6 is 23.6 Å². The molecule has 8 nitrogen and oxygen atoms in total. The van der Waals surface area contributed by atoms with Crippen LogP contribution < -0.4 is 5.56 Å². The Bertz CT molecular complexity index is 1100. The van der Waals surface area contributed by atoms with Crippen molar-refractivity contribution in [3.63, 3.8) is 0 Å². The van der Waals surface area contributed by atoms with Gasteiger partial charge >= 0.3 is 5.97 Å². The van der Waals surface area contributed by atoms with Crippen molar-refractivity contribution in [3.05, 3.63) is 36.7 Å². The molecule has 0 atom stereocenters. The Labute approximate surface area is 183 Å². The summed E-state index contributed by atoms with van der Waals surface area (Å²) in [5, 5.41) is 10.2. The van der Waals surface area contributed by atoms with E-state index >= 15 is 0 Å². The van der Waals surface area contributed by atoms with E-state index in [1.54, 1.807) is 27.7 Å². The normalized spacial score (nSPS) is 11.8. The highest BCUT2D eigenvalue weighted by molar-refractivity contribution is 7.71. The van der Waals surface area contributed by atoms with Crippen LogP contribution in [0.25, 0.3) is 0 Å². The number of aromatic amines is 2. The number of nitrogens with zero attached hydrogens (tertiary/aromatic N) is 1. The molecule has 162 valence electrons. The number of thiophene rings is 1. The fourth-order valence-electron chi connectivity index (χ4n) is 2.63. The van der Waals surface area contributed by atoms with E-state index in [0.717, 1.165) is 24.0 Å². The second-order valence-electron chi connectivity index (χ2n) is 7.69. The first-order valence-electron chi connectivity index (χ1n) is 9.44. The maximum Gasteiger partial charge on any atom is 0.349 e. The number of esters is 1. The number of aromatic hydroxyl groups is 1. The lowest BCUT2D eigenvalue weighted by molar-refractivity contribution is 0.00745. The van der Waals surface area contributed by atoms with Crippen molar-refractivity contribution in [2.45, 2.75) is 59.5 Å². The zero-order chi connectivity index (χ0) is 22.6. The number of ether oxygens (including phenoxy) is 1. The fraction of sp³-hybridized carbons (Fsp3) is 0.450. The smallest absolute Gasteiger partial charge is 0.349 e. The average molecular weight is 452 g/mol. The van der Waals surface area contributed by atoms with Gasteiger partial charge in [-0.2, -0.15) is 0 Å². The Morgan fingerprint density at radius 3 is 2.53 bits per heavy atom. The highest BCUT2D eigenvalue weighted by Crippen LogP contribution is 2.37. The van der Waals surface area contributed by atoms with E-state index in [9.17, 15) is 19.5 Å². The van der Waals surface area contributed by atoms with Crippen LogP contribution in [-0.2, 0) is 4.74 Å². The first kappa shape index (κ1) is 23.7. The molecule has 0 aliphatic rings. The highest BCUT2D eigenvalue weighted by atomic mass is 32.1. The lowest BCUT2D eigenvalue weighted by Gasteiger charge is -2.19. The number of hydrogen-bond acceptors (Lipinski definition) is 8. The molecule has 3 N–H and O–H groups in total. The van der Waals surface area contributed by atoms with Crippen LogP contribution in [0.3, 0.4) is 0 Å². The number of rotatable bonds is 7. The average Bonchev–Trinajstić information content (AvgIpc) is 2.94. The van der Waals surface area contributed by atoms with Gasteiger partial charge in [0.15, 0.2) is 10.6 Å². The summed E-state index contributed by atoms with van der Waals surface area (Å²) in [4.78, 5) is 46.8. The largest absolute Gasteiger partial charge is 0.494 e. The molecule has 2 aromatic heterocycles. The van der Waals surface area contributed by atoms with Gasteiger partial charge in [0.1, 0.15) is 21.0 Å². The molecule has 30 heavy (non-hydrogen) atoms. The van der Waals surface area contributed by atoms with E-state index < -0.39 is 23.0 Å². The van der Waals surface area contributed by atoms with Crippen LogP contribution in [0.1, 0.15) is 78.1 Å². The molecule has 2 aromatic rings. The molecule has 2 heterocycles. The highest BCUT2D eigenvalue weighted by Gasteiger charge is 2.27.